The second-order valence-electron chi connectivity index (χ2n) is 3.32. The molecule has 0 aliphatic rings. The number of halogens is 3. The van der Waals surface area contributed by atoms with E-state index >= 15 is 0 Å². The Hall–Kier alpha value is -1.69. The van der Waals surface area contributed by atoms with Gasteiger partial charge in [-0.1, -0.05) is 23.2 Å². The molecule has 0 atom stereocenters. The molecule has 2 aromatic heterocycles. The Morgan fingerprint density at radius 3 is 1.65 bits per heavy atom. The van der Waals surface area contributed by atoms with E-state index in [-0.39, 0.29) is 5.56 Å². The van der Waals surface area contributed by atoms with Crippen LogP contribution in [0.3, 0.4) is 0 Å². The maximum Gasteiger partial charge on any atom is 0.337 e. The lowest BCUT2D eigenvalue weighted by Crippen LogP contribution is -1.95. The van der Waals surface area contributed by atoms with Crippen LogP contribution >= 0.6 is 34.8 Å². The van der Waals surface area contributed by atoms with Crippen LogP contribution in [-0.2, 0) is 0 Å². The summed E-state index contributed by atoms with van der Waals surface area (Å²) in [5.74, 6) is -0.996. The van der Waals surface area contributed by atoms with E-state index in [0.29, 0.717) is 15.9 Å². The number of nitrogens with zero attached hydrogens (tertiary/aromatic N) is 2. The third-order valence-corrected chi connectivity index (χ3v) is 2.59. The standard InChI is InChI=1S/C6H3Cl2NO.C6H4ClNO2/c7-5-2-1-4(3-9-5)6(8)10;7-5-2-1-4(3-8-5)6(9)10/h1-3H;1-3H,(H,9,10). The van der Waals surface area contributed by atoms with Crippen molar-refractivity contribution in [2.75, 3.05) is 0 Å². The van der Waals surface area contributed by atoms with Gasteiger partial charge < -0.3 is 5.11 Å². The molecule has 0 aliphatic carbocycles. The maximum absolute atomic E-state index is 10.4. The van der Waals surface area contributed by atoms with Crippen LogP contribution in [0.15, 0.2) is 36.7 Å². The van der Waals surface area contributed by atoms with Crippen molar-refractivity contribution in [3.05, 3.63) is 58.1 Å². The quantitative estimate of drug-likeness (QED) is 0.671. The Kier molecular flexibility index (Phi) is 6.38. The van der Waals surface area contributed by atoms with Gasteiger partial charge in [0.25, 0.3) is 5.24 Å². The van der Waals surface area contributed by atoms with Crippen LogP contribution in [0.25, 0.3) is 0 Å². The summed E-state index contributed by atoms with van der Waals surface area (Å²) in [6.07, 6.45) is 2.54. The molecule has 1 N–H and O–H groups in total. The first-order chi connectivity index (χ1) is 9.40. The summed E-state index contributed by atoms with van der Waals surface area (Å²) in [6, 6.07) is 5.87. The molecule has 0 unspecified atom stereocenters. The number of rotatable bonds is 2. The van der Waals surface area contributed by atoms with Gasteiger partial charge in [-0.15, -0.1) is 0 Å². The van der Waals surface area contributed by atoms with E-state index in [1.54, 1.807) is 0 Å². The number of aromatic nitrogens is 2. The van der Waals surface area contributed by atoms with Gasteiger partial charge in [0.1, 0.15) is 10.3 Å². The minimum Gasteiger partial charge on any atom is -0.478 e. The maximum atomic E-state index is 10.4. The van der Waals surface area contributed by atoms with E-state index in [9.17, 15) is 9.59 Å². The molecule has 0 bridgehead atoms. The lowest BCUT2D eigenvalue weighted by atomic mass is 10.3. The highest BCUT2D eigenvalue weighted by Gasteiger charge is 2.00. The highest BCUT2D eigenvalue weighted by molar-refractivity contribution is 6.67. The van der Waals surface area contributed by atoms with Gasteiger partial charge in [0, 0.05) is 12.4 Å². The van der Waals surface area contributed by atoms with Crippen LogP contribution in [0.2, 0.25) is 10.3 Å². The molecule has 2 rings (SSSR count). The Morgan fingerprint density at radius 1 is 0.900 bits per heavy atom. The predicted octanol–water partition coefficient (Wildman–Crippen LogP) is 3.55. The molecule has 104 valence electrons. The van der Waals surface area contributed by atoms with Crippen molar-refractivity contribution in [1.82, 2.24) is 9.97 Å². The van der Waals surface area contributed by atoms with Crippen LogP contribution in [0.4, 0.5) is 0 Å². The molecule has 2 aromatic rings. The molecule has 2 heterocycles. The average Bonchev–Trinajstić information content (AvgIpc) is 2.40. The normalized spacial score (nSPS) is 9.35. The molecule has 0 radical (unpaired) electrons. The summed E-state index contributed by atoms with van der Waals surface area (Å²) in [7, 11) is 0. The zero-order chi connectivity index (χ0) is 15.1. The summed E-state index contributed by atoms with van der Waals surface area (Å²) in [5, 5.41) is 8.51. The predicted molar refractivity (Wildman–Crippen MR) is 75.6 cm³/mol. The monoisotopic (exact) mass is 332 g/mol. The Morgan fingerprint density at radius 2 is 1.35 bits per heavy atom. The fraction of sp³-hybridized carbons (Fsp3) is 0. The molecule has 5 nitrogen and oxygen atoms in total. The van der Waals surface area contributed by atoms with Gasteiger partial charge in [-0.05, 0) is 35.9 Å². The molecule has 0 aliphatic heterocycles. The van der Waals surface area contributed by atoms with E-state index in [2.05, 4.69) is 9.97 Å². The molecule has 0 spiro atoms. The van der Waals surface area contributed by atoms with Crippen molar-refractivity contribution in [2.45, 2.75) is 0 Å². The van der Waals surface area contributed by atoms with Gasteiger partial charge in [0.2, 0.25) is 0 Å². The Balaban J connectivity index is 0.000000200. The van der Waals surface area contributed by atoms with Crippen molar-refractivity contribution in [1.29, 1.82) is 0 Å². The van der Waals surface area contributed by atoms with Crippen molar-refractivity contribution < 1.29 is 14.7 Å². The van der Waals surface area contributed by atoms with Gasteiger partial charge in [0.15, 0.2) is 0 Å². The van der Waals surface area contributed by atoms with Crippen LogP contribution in [0.1, 0.15) is 20.7 Å². The lowest BCUT2D eigenvalue weighted by molar-refractivity contribution is 0.0696. The van der Waals surface area contributed by atoms with Crippen molar-refractivity contribution in [3.63, 3.8) is 0 Å². The fourth-order valence-electron chi connectivity index (χ4n) is 0.994. The first kappa shape index (κ1) is 16.4. The zero-order valence-electron chi connectivity index (χ0n) is 9.76. The Bertz CT molecular complexity index is 545. The minimum absolute atomic E-state index is 0.143. The summed E-state index contributed by atoms with van der Waals surface area (Å²) >= 11 is 16.0. The average molecular weight is 334 g/mol. The largest absolute Gasteiger partial charge is 0.478 e. The summed E-state index contributed by atoms with van der Waals surface area (Å²) in [4.78, 5) is 27.9. The van der Waals surface area contributed by atoms with Crippen molar-refractivity contribution >= 4 is 46.0 Å². The molecule has 0 amide bonds. The number of carboxylic acid groups (broad SMARTS) is 1. The zero-order valence-corrected chi connectivity index (χ0v) is 12.0. The Labute approximate surface area is 129 Å². The molecule has 0 aromatic carbocycles. The number of carbonyl (C=O) groups excluding carboxylic acids is 1. The van der Waals surface area contributed by atoms with E-state index in [1.807, 2.05) is 0 Å². The third kappa shape index (κ3) is 5.52. The van der Waals surface area contributed by atoms with Crippen molar-refractivity contribution in [2.24, 2.45) is 0 Å². The van der Waals surface area contributed by atoms with Crippen LogP contribution in [-0.4, -0.2) is 26.3 Å². The highest BCUT2D eigenvalue weighted by Crippen LogP contribution is 2.07. The first-order valence-electron chi connectivity index (χ1n) is 5.06. The van der Waals surface area contributed by atoms with Crippen molar-refractivity contribution in [3.8, 4) is 0 Å². The molecule has 8 heteroatoms. The fourth-order valence-corrected chi connectivity index (χ4v) is 1.33. The third-order valence-electron chi connectivity index (χ3n) is 1.93. The molecular formula is C12H7Cl3N2O3. The number of aromatic carboxylic acids is 1. The summed E-state index contributed by atoms with van der Waals surface area (Å²) in [6.45, 7) is 0. The van der Waals surface area contributed by atoms with Gasteiger partial charge in [-0.3, -0.25) is 4.79 Å². The van der Waals surface area contributed by atoms with Gasteiger partial charge in [-0.25, -0.2) is 14.8 Å². The smallest absolute Gasteiger partial charge is 0.337 e. The number of pyridine rings is 2. The SMILES string of the molecule is O=C(Cl)c1ccc(Cl)nc1.O=C(O)c1ccc(Cl)nc1. The van der Waals surface area contributed by atoms with Crippen LogP contribution in [0.5, 0.6) is 0 Å². The summed E-state index contributed by atoms with van der Waals surface area (Å²) in [5.41, 5.74) is 0.496. The second-order valence-corrected chi connectivity index (χ2v) is 4.44. The number of hydrogen-bond acceptors (Lipinski definition) is 4. The van der Waals surface area contributed by atoms with E-state index in [1.165, 1.54) is 36.7 Å². The van der Waals surface area contributed by atoms with Gasteiger partial charge in [0.05, 0.1) is 11.1 Å². The number of carboxylic acids is 1. The highest BCUT2D eigenvalue weighted by atomic mass is 35.5. The minimum atomic E-state index is -0.996. The summed E-state index contributed by atoms with van der Waals surface area (Å²) < 4.78 is 0. The van der Waals surface area contributed by atoms with E-state index in [4.69, 9.17) is 39.9 Å². The first-order valence-corrected chi connectivity index (χ1v) is 6.20. The molecule has 20 heavy (non-hydrogen) atoms. The van der Waals surface area contributed by atoms with Crippen LogP contribution < -0.4 is 0 Å². The number of hydrogen-bond donors (Lipinski definition) is 1. The van der Waals surface area contributed by atoms with Gasteiger partial charge in [-0.2, -0.15) is 0 Å². The molecule has 0 saturated carbocycles. The lowest BCUT2D eigenvalue weighted by Gasteiger charge is -1.90. The van der Waals surface area contributed by atoms with Gasteiger partial charge >= 0.3 is 5.97 Å². The molecule has 0 saturated heterocycles. The second kappa shape index (κ2) is 7.79. The van der Waals surface area contributed by atoms with E-state index in [0.717, 1.165) is 0 Å². The van der Waals surface area contributed by atoms with Crippen LogP contribution in [0, 0.1) is 0 Å². The number of carbonyl (C=O) groups is 2. The topological polar surface area (TPSA) is 80.2 Å². The van der Waals surface area contributed by atoms with E-state index < -0.39 is 11.2 Å². The molecular weight excluding hydrogens is 327 g/mol. The molecule has 0 fully saturated rings.